The molecule has 0 radical (unpaired) electrons. The Hall–Kier alpha value is -4.60. The Labute approximate surface area is 271 Å². The van der Waals surface area contributed by atoms with E-state index >= 15 is 0 Å². The summed E-state index contributed by atoms with van der Waals surface area (Å²) in [5.41, 5.74) is 4.70. The minimum Gasteiger partial charge on any atom is -0.444 e. The van der Waals surface area contributed by atoms with Gasteiger partial charge in [-0.2, -0.15) is 0 Å². The van der Waals surface area contributed by atoms with Gasteiger partial charge >= 0.3 is 12.2 Å². The van der Waals surface area contributed by atoms with Crippen molar-refractivity contribution in [3.8, 4) is 11.3 Å². The molecule has 0 saturated carbocycles. The molecule has 1 aliphatic heterocycles. The summed E-state index contributed by atoms with van der Waals surface area (Å²) >= 11 is 0. The largest absolute Gasteiger partial charge is 0.444 e. The number of benzene rings is 2. The number of carbonyl (C=O) groups excluding carboxylic acids is 2. The number of hydrogen-bond donors (Lipinski definition) is 2. The number of ether oxygens (including phenoxy) is 2. The standard InChI is InChI=1S/C36H46N6O4/c1-8-19-41(33(43)45-35(2,3)4)23-31-38-27-18-15-25(21-28(27)39-31)12-11-24-13-16-26(17-14-24)29-22-37-32(40-29)30-10-9-20-42(30)34(44)46-36(5,6)7/h11-18,21-22,30H,8-10,19-20,23H2,1-7H3,(H,37,40)(H,38,39)/b12-11+/t30-/m0/s1. The van der Waals surface area contributed by atoms with Gasteiger partial charge in [-0.25, -0.2) is 19.6 Å². The zero-order chi connectivity index (χ0) is 33.1. The molecule has 244 valence electrons. The van der Waals surface area contributed by atoms with E-state index in [1.165, 1.54) is 0 Å². The highest BCUT2D eigenvalue weighted by Crippen LogP contribution is 2.33. The van der Waals surface area contributed by atoms with E-state index in [4.69, 9.17) is 14.5 Å². The lowest BCUT2D eigenvalue weighted by molar-refractivity contribution is 0.0212. The van der Waals surface area contributed by atoms with Crippen molar-refractivity contribution >= 4 is 35.4 Å². The van der Waals surface area contributed by atoms with Gasteiger partial charge in [-0.05, 0) is 89.6 Å². The molecule has 2 N–H and O–H groups in total. The number of imidazole rings is 2. The molecule has 0 aliphatic carbocycles. The fourth-order valence-corrected chi connectivity index (χ4v) is 5.48. The Morgan fingerprint density at radius 1 is 0.978 bits per heavy atom. The molecule has 5 rings (SSSR count). The van der Waals surface area contributed by atoms with Crippen LogP contribution in [0, 0.1) is 0 Å². The van der Waals surface area contributed by atoms with E-state index in [1.807, 2.05) is 66.8 Å². The summed E-state index contributed by atoms with van der Waals surface area (Å²) in [7, 11) is 0. The van der Waals surface area contributed by atoms with Crippen LogP contribution in [0.5, 0.6) is 0 Å². The van der Waals surface area contributed by atoms with E-state index in [0.717, 1.165) is 64.3 Å². The summed E-state index contributed by atoms with van der Waals surface area (Å²) in [6, 6.07) is 14.2. The fourth-order valence-electron chi connectivity index (χ4n) is 5.48. The molecular weight excluding hydrogens is 580 g/mol. The summed E-state index contributed by atoms with van der Waals surface area (Å²) in [6.07, 6.45) is 7.93. The Kier molecular flexibility index (Phi) is 9.55. The number of aromatic nitrogens is 4. The lowest BCUT2D eigenvalue weighted by Crippen LogP contribution is -2.37. The first-order valence-corrected chi connectivity index (χ1v) is 16.1. The minimum absolute atomic E-state index is 0.116. The molecule has 0 spiro atoms. The second-order valence-electron chi connectivity index (χ2n) is 13.8. The topological polar surface area (TPSA) is 116 Å². The smallest absolute Gasteiger partial charge is 0.410 e. The maximum atomic E-state index is 12.7. The summed E-state index contributed by atoms with van der Waals surface area (Å²) in [6.45, 7) is 14.9. The lowest BCUT2D eigenvalue weighted by Gasteiger charge is -2.27. The molecular formula is C36H46N6O4. The number of H-pyrrole nitrogens is 2. The van der Waals surface area contributed by atoms with Crippen molar-refractivity contribution in [3.63, 3.8) is 0 Å². The van der Waals surface area contributed by atoms with Gasteiger partial charge in [0, 0.05) is 13.1 Å². The quantitative estimate of drug-likeness (QED) is 0.190. The molecule has 1 aliphatic rings. The van der Waals surface area contributed by atoms with Crippen LogP contribution in [-0.2, 0) is 16.0 Å². The van der Waals surface area contributed by atoms with E-state index in [9.17, 15) is 9.59 Å². The van der Waals surface area contributed by atoms with Crippen molar-refractivity contribution in [2.24, 2.45) is 0 Å². The number of aromatic amines is 2. The third-order valence-electron chi connectivity index (χ3n) is 7.52. The SMILES string of the molecule is CCCN(Cc1nc2ccc(/C=C/c3ccc(-c4cnc([C@@H]5CCCN5C(=O)OC(C)(C)C)[nH]4)cc3)cc2[nH]1)C(=O)OC(C)(C)C. The number of hydrogen-bond acceptors (Lipinski definition) is 6. The normalized spacial score (nSPS) is 15.5. The summed E-state index contributed by atoms with van der Waals surface area (Å²) in [5.74, 6) is 1.50. The highest BCUT2D eigenvalue weighted by molar-refractivity contribution is 5.81. The van der Waals surface area contributed by atoms with Crippen LogP contribution in [0.3, 0.4) is 0 Å². The van der Waals surface area contributed by atoms with Crippen molar-refractivity contribution in [1.29, 1.82) is 0 Å². The van der Waals surface area contributed by atoms with Crippen LogP contribution in [-0.4, -0.2) is 66.2 Å². The molecule has 3 heterocycles. The van der Waals surface area contributed by atoms with Gasteiger partial charge in [0.05, 0.1) is 35.5 Å². The van der Waals surface area contributed by atoms with Crippen LogP contribution in [0.4, 0.5) is 9.59 Å². The zero-order valence-electron chi connectivity index (χ0n) is 28.0. The fraction of sp³-hybridized carbons (Fsp3) is 0.444. The van der Waals surface area contributed by atoms with Crippen LogP contribution in [0.2, 0.25) is 0 Å². The van der Waals surface area contributed by atoms with Crippen LogP contribution in [0.25, 0.3) is 34.4 Å². The number of nitrogens with zero attached hydrogens (tertiary/aromatic N) is 4. The van der Waals surface area contributed by atoms with Gasteiger partial charge in [-0.3, -0.25) is 4.90 Å². The first-order chi connectivity index (χ1) is 21.8. The van der Waals surface area contributed by atoms with Crippen LogP contribution < -0.4 is 0 Å². The van der Waals surface area contributed by atoms with Gasteiger partial charge in [0.15, 0.2) is 0 Å². The Bertz CT molecular complexity index is 1690. The minimum atomic E-state index is -0.552. The second-order valence-corrected chi connectivity index (χ2v) is 13.8. The lowest BCUT2D eigenvalue weighted by atomic mass is 10.1. The summed E-state index contributed by atoms with van der Waals surface area (Å²) in [4.78, 5) is 45.0. The van der Waals surface area contributed by atoms with Gasteiger partial charge < -0.3 is 24.3 Å². The molecule has 10 heteroatoms. The first kappa shape index (κ1) is 32.8. The number of amides is 2. The molecule has 46 heavy (non-hydrogen) atoms. The Morgan fingerprint density at radius 2 is 1.67 bits per heavy atom. The van der Waals surface area contributed by atoms with Gasteiger partial charge in [0.2, 0.25) is 0 Å². The van der Waals surface area contributed by atoms with Gasteiger partial charge in [0.25, 0.3) is 0 Å². The Morgan fingerprint density at radius 3 is 2.37 bits per heavy atom. The summed E-state index contributed by atoms with van der Waals surface area (Å²) in [5, 5.41) is 0. The van der Waals surface area contributed by atoms with Gasteiger partial charge in [-0.1, -0.05) is 49.4 Å². The van der Waals surface area contributed by atoms with Crippen molar-refractivity contribution in [2.75, 3.05) is 13.1 Å². The molecule has 2 aromatic carbocycles. The van der Waals surface area contributed by atoms with Crippen molar-refractivity contribution in [3.05, 3.63) is 71.4 Å². The van der Waals surface area contributed by atoms with E-state index in [2.05, 4.69) is 57.4 Å². The highest BCUT2D eigenvalue weighted by Gasteiger charge is 2.34. The molecule has 2 aromatic heterocycles. The number of carbonyl (C=O) groups is 2. The third-order valence-corrected chi connectivity index (χ3v) is 7.52. The molecule has 1 fully saturated rings. The number of fused-ring (bicyclic) bond motifs is 1. The van der Waals surface area contributed by atoms with E-state index < -0.39 is 11.2 Å². The molecule has 0 unspecified atom stereocenters. The summed E-state index contributed by atoms with van der Waals surface area (Å²) < 4.78 is 11.2. The average molecular weight is 627 g/mol. The van der Waals surface area contributed by atoms with Crippen LogP contribution >= 0.6 is 0 Å². The van der Waals surface area contributed by atoms with Crippen molar-refractivity contribution in [1.82, 2.24) is 29.7 Å². The van der Waals surface area contributed by atoms with E-state index in [0.29, 0.717) is 19.6 Å². The molecule has 0 bridgehead atoms. The maximum absolute atomic E-state index is 12.7. The molecule has 1 atom stereocenters. The van der Waals surface area contributed by atoms with E-state index in [-0.39, 0.29) is 18.2 Å². The first-order valence-electron chi connectivity index (χ1n) is 16.1. The van der Waals surface area contributed by atoms with Crippen molar-refractivity contribution in [2.45, 2.75) is 91.5 Å². The predicted molar refractivity (Wildman–Crippen MR) is 181 cm³/mol. The van der Waals surface area contributed by atoms with Crippen LogP contribution in [0.1, 0.15) is 96.5 Å². The zero-order valence-corrected chi connectivity index (χ0v) is 28.0. The number of nitrogens with one attached hydrogen (secondary N) is 2. The van der Waals surface area contributed by atoms with Gasteiger partial charge in [0.1, 0.15) is 22.9 Å². The van der Waals surface area contributed by atoms with E-state index in [1.54, 1.807) is 9.80 Å². The average Bonchev–Trinajstić information content (AvgIpc) is 3.73. The maximum Gasteiger partial charge on any atom is 0.410 e. The molecule has 2 amide bonds. The molecule has 4 aromatic rings. The second kappa shape index (κ2) is 13.4. The molecule has 1 saturated heterocycles. The molecule has 10 nitrogen and oxygen atoms in total. The predicted octanol–water partition coefficient (Wildman–Crippen LogP) is 8.34. The van der Waals surface area contributed by atoms with Crippen LogP contribution in [0.15, 0.2) is 48.7 Å². The highest BCUT2D eigenvalue weighted by atomic mass is 16.6. The third kappa shape index (κ3) is 8.35. The number of rotatable bonds is 8. The van der Waals surface area contributed by atoms with Crippen molar-refractivity contribution < 1.29 is 19.1 Å². The monoisotopic (exact) mass is 626 g/mol. The Balaban J connectivity index is 1.23. The van der Waals surface area contributed by atoms with Gasteiger partial charge in [-0.15, -0.1) is 0 Å². The number of likely N-dealkylation sites (tertiary alicyclic amines) is 1.